The number of para-hydroxylation sites is 1. The Morgan fingerprint density at radius 1 is 1.24 bits per heavy atom. The predicted octanol–water partition coefficient (Wildman–Crippen LogP) is 2.78. The molecule has 0 bridgehead atoms. The van der Waals surface area contributed by atoms with Crippen molar-refractivity contribution in [2.24, 2.45) is 0 Å². The minimum absolute atomic E-state index is 0.672. The van der Waals surface area contributed by atoms with Crippen LogP contribution in [0, 0.1) is 0 Å². The second-order valence-electron chi connectivity index (χ2n) is 5.35. The molecule has 1 aliphatic carbocycles. The van der Waals surface area contributed by atoms with Crippen LogP contribution in [0.4, 0.5) is 0 Å². The number of hydrogen-bond donors (Lipinski definition) is 1. The lowest BCUT2D eigenvalue weighted by Crippen LogP contribution is -2.15. The van der Waals surface area contributed by atoms with Crippen molar-refractivity contribution >= 4 is 0 Å². The van der Waals surface area contributed by atoms with Crippen molar-refractivity contribution < 1.29 is 4.52 Å². The third-order valence-electron chi connectivity index (χ3n) is 3.60. The fourth-order valence-electron chi connectivity index (χ4n) is 2.24. The van der Waals surface area contributed by atoms with Crippen LogP contribution in [0.3, 0.4) is 0 Å². The van der Waals surface area contributed by atoms with Gasteiger partial charge in [0.2, 0.25) is 0 Å². The molecule has 0 amide bonds. The van der Waals surface area contributed by atoms with Gasteiger partial charge in [-0.05, 0) is 25.0 Å². The molecule has 5 heteroatoms. The fraction of sp³-hybridized carbons (Fsp3) is 0.250. The molecule has 1 saturated carbocycles. The van der Waals surface area contributed by atoms with Crippen LogP contribution in [0.25, 0.3) is 17.0 Å². The zero-order valence-corrected chi connectivity index (χ0v) is 11.6. The molecular formula is C16H16N4O. The van der Waals surface area contributed by atoms with Gasteiger partial charge in [0.25, 0.3) is 0 Å². The highest BCUT2D eigenvalue weighted by Gasteiger charge is 2.20. The van der Waals surface area contributed by atoms with E-state index in [2.05, 4.69) is 15.6 Å². The Kier molecular flexibility index (Phi) is 3.05. The average Bonchev–Trinajstić information content (AvgIpc) is 3.03. The van der Waals surface area contributed by atoms with Crippen LogP contribution in [0.5, 0.6) is 0 Å². The highest BCUT2D eigenvalue weighted by molar-refractivity contribution is 5.56. The average molecular weight is 280 g/mol. The van der Waals surface area contributed by atoms with Gasteiger partial charge in [0, 0.05) is 24.8 Å². The van der Waals surface area contributed by atoms with Crippen molar-refractivity contribution in [3.63, 3.8) is 0 Å². The lowest BCUT2D eigenvalue weighted by Gasteiger charge is -1.98. The smallest absolute Gasteiger partial charge is 0.170 e. The van der Waals surface area contributed by atoms with Crippen LogP contribution >= 0.6 is 0 Å². The van der Waals surface area contributed by atoms with Crippen LogP contribution in [0.15, 0.2) is 53.3 Å². The molecule has 3 aromatic rings. The molecule has 0 atom stereocenters. The second-order valence-corrected chi connectivity index (χ2v) is 5.35. The van der Waals surface area contributed by atoms with Crippen LogP contribution in [0.2, 0.25) is 0 Å². The third kappa shape index (κ3) is 2.73. The van der Waals surface area contributed by atoms with Gasteiger partial charge in [-0.2, -0.15) is 5.10 Å². The quantitative estimate of drug-likeness (QED) is 0.780. The van der Waals surface area contributed by atoms with Crippen molar-refractivity contribution in [3.8, 4) is 17.0 Å². The molecule has 0 saturated heterocycles. The zero-order chi connectivity index (χ0) is 14.1. The molecule has 0 aliphatic heterocycles. The van der Waals surface area contributed by atoms with Gasteiger partial charge in [-0.3, -0.25) is 0 Å². The van der Waals surface area contributed by atoms with Crippen LogP contribution in [-0.2, 0) is 6.54 Å². The Morgan fingerprint density at radius 2 is 2.10 bits per heavy atom. The molecule has 106 valence electrons. The molecular weight excluding hydrogens is 264 g/mol. The Labute approximate surface area is 122 Å². The number of nitrogens with one attached hydrogen (secondary N) is 1. The number of nitrogens with zero attached hydrogens (tertiary/aromatic N) is 3. The lowest BCUT2D eigenvalue weighted by atomic mass is 10.2. The first kappa shape index (κ1) is 12.3. The van der Waals surface area contributed by atoms with Crippen molar-refractivity contribution in [1.82, 2.24) is 20.3 Å². The molecule has 1 fully saturated rings. The molecule has 21 heavy (non-hydrogen) atoms. The Hall–Kier alpha value is -2.40. The van der Waals surface area contributed by atoms with E-state index in [0.29, 0.717) is 6.04 Å². The minimum atomic E-state index is 0.672. The van der Waals surface area contributed by atoms with Crippen molar-refractivity contribution in [1.29, 1.82) is 0 Å². The largest absolute Gasteiger partial charge is 0.356 e. The maximum absolute atomic E-state index is 5.41. The third-order valence-corrected chi connectivity index (χ3v) is 3.60. The van der Waals surface area contributed by atoms with Crippen LogP contribution < -0.4 is 5.32 Å². The van der Waals surface area contributed by atoms with Crippen LogP contribution in [0.1, 0.15) is 18.5 Å². The summed E-state index contributed by atoms with van der Waals surface area (Å²) >= 11 is 0. The number of hydrogen-bond acceptors (Lipinski definition) is 4. The first-order valence-corrected chi connectivity index (χ1v) is 7.18. The van der Waals surface area contributed by atoms with E-state index in [1.807, 2.05) is 47.3 Å². The summed E-state index contributed by atoms with van der Waals surface area (Å²) in [6, 6.07) is 12.7. The van der Waals surface area contributed by atoms with E-state index < -0.39 is 0 Å². The molecule has 0 spiro atoms. The van der Waals surface area contributed by atoms with Gasteiger partial charge in [-0.25, -0.2) is 4.68 Å². The summed E-state index contributed by atoms with van der Waals surface area (Å²) in [6.45, 7) is 0.765. The SMILES string of the molecule is c1ccc(-n2cc(-c3cc(CNC4CC4)no3)cn2)cc1. The van der Waals surface area contributed by atoms with Crippen LogP contribution in [-0.4, -0.2) is 21.0 Å². The summed E-state index contributed by atoms with van der Waals surface area (Å²) in [6.07, 6.45) is 6.29. The Bertz CT molecular complexity index is 728. The van der Waals surface area contributed by atoms with Crippen molar-refractivity contribution in [2.75, 3.05) is 0 Å². The summed E-state index contributed by atoms with van der Waals surface area (Å²) in [4.78, 5) is 0. The predicted molar refractivity (Wildman–Crippen MR) is 78.9 cm³/mol. The van der Waals surface area contributed by atoms with Gasteiger partial charge in [0.05, 0.1) is 23.1 Å². The van der Waals surface area contributed by atoms with Gasteiger partial charge in [0.15, 0.2) is 5.76 Å². The topological polar surface area (TPSA) is 55.9 Å². The fourth-order valence-corrected chi connectivity index (χ4v) is 2.24. The van der Waals surface area contributed by atoms with E-state index in [0.717, 1.165) is 29.2 Å². The monoisotopic (exact) mass is 280 g/mol. The van der Waals surface area contributed by atoms with Crippen molar-refractivity contribution in [2.45, 2.75) is 25.4 Å². The van der Waals surface area contributed by atoms with E-state index in [-0.39, 0.29) is 0 Å². The van der Waals surface area contributed by atoms with Gasteiger partial charge < -0.3 is 9.84 Å². The molecule has 0 radical (unpaired) electrons. The maximum atomic E-state index is 5.41. The Balaban J connectivity index is 1.52. The van der Waals surface area contributed by atoms with Gasteiger partial charge >= 0.3 is 0 Å². The lowest BCUT2D eigenvalue weighted by molar-refractivity contribution is 0.420. The number of rotatable bonds is 5. The van der Waals surface area contributed by atoms with E-state index in [9.17, 15) is 0 Å². The van der Waals surface area contributed by atoms with Gasteiger partial charge in [-0.1, -0.05) is 23.4 Å². The van der Waals surface area contributed by atoms with E-state index in [1.165, 1.54) is 12.8 Å². The second kappa shape index (κ2) is 5.18. The summed E-state index contributed by atoms with van der Waals surface area (Å²) < 4.78 is 7.24. The molecule has 1 aliphatic rings. The maximum Gasteiger partial charge on any atom is 0.170 e. The van der Waals surface area contributed by atoms with Gasteiger partial charge in [-0.15, -0.1) is 0 Å². The van der Waals surface area contributed by atoms with Gasteiger partial charge in [0.1, 0.15) is 0 Å². The number of benzene rings is 1. The molecule has 4 rings (SSSR count). The first-order valence-electron chi connectivity index (χ1n) is 7.18. The van der Waals surface area contributed by atoms with E-state index >= 15 is 0 Å². The summed E-state index contributed by atoms with van der Waals surface area (Å²) in [7, 11) is 0. The number of aromatic nitrogens is 3. The summed E-state index contributed by atoms with van der Waals surface area (Å²) in [5.41, 5.74) is 2.90. The van der Waals surface area contributed by atoms with Crippen molar-refractivity contribution in [3.05, 3.63) is 54.5 Å². The van der Waals surface area contributed by atoms with E-state index in [4.69, 9.17) is 4.52 Å². The highest BCUT2D eigenvalue weighted by atomic mass is 16.5. The molecule has 1 aromatic carbocycles. The molecule has 2 aromatic heterocycles. The summed E-state index contributed by atoms with van der Waals surface area (Å²) in [5, 5.41) is 11.9. The molecule has 1 N–H and O–H groups in total. The minimum Gasteiger partial charge on any atom is -0.356 e. The molecule has 0 unspecified atom stereocenters. The summed E-state index contributed by atoms with van der Waals surface area (Å²) in [5.74, 6) is 0.754. The standard InChI is InChI=1S/C16H16N4O/c1-2-4-15(5-3-1)20-11-12(9-18-20)16-8-14(19-21-16)10-17-13-6-7-13/h1-5,8-9,11,13,17H,6-7,10H2. The normalized spacial score (nSPS) is 14.5. The molecule has 5 nitrogen and oxygen atoms in total. The highest BCUT2D eigenvalue weighted by Crippen LogP contribution is 2.22. The molecule has 2 heterocycles. The van der Waals surface area contributed by atoms with E-state index in [1.54, 1.807) is 6.20 Å². The first-order chi connectivity index (χ1) is 10.4. The zero-order valence-electron chi connectivity index (χ0n) is 11.6. The Morgan fingerprint density at radius 3 is 2.90 bits per heavy atom.